The Morgan fingerprint density at radius 1 is 0.926 bits per heavy atom. The van der Waals surface area contributed by atoms with Gasteiger partial charge < -0.3 is 23.7 Å². The van der Waals surface area contributed by atoms with Crippen molar-refractivity contribution in [1.82, 2.24) is 0 Å². The van der Waals surface area contributed by atoms with E-state index in [4.69, 9.17) is 23.7 Å². The fourth-order valence-corrected chi connectivity index (χ4v) is 3.06. The zero-order valence-electron chi connectivity index (χ0n) is 15.8. The zero-order chi connectivity index (χ0) is 19.4. The summed E-state index contributed by atoms with van der Waals surface area (Å²) in [6.45, 7) is 2.69. The Balaban J connectivity index is 2.11. The topological polar surface area (TPSA) is 63.2 Å². The molecular formula is C21H22O6. The maximum atomic E-state index is 12.4. The van der Waals surface area contributed by atoms with E-state index < -0.39 is 0 Å². The summed E-state index contributed by atoms with van der Waals surface area (Å²) >= 11 is 0. The van der Waals surface area contributed by atoms with Crippen molar-refractivity contribution >= 4 is 17.1 Å². The van der Waals surface area contributed by atoms with Gasteiger partial charge in [0.05, 0.1) is 33.5 Å². The van der Waals surface area contributed by atoms with Crippen LogP contribution in [0.5, 0.6) is 23.0 Å². The van der Waals surface area contributed by atoms with Crippen LogP contribution in [0.25, 0.3) is 11.1 Å². The highest BCUT2D eigenvalue weighted by molar-refractivity contribution is 6.27. The Hall–Kier alpha value is -3.15. The van der Waals surface area contributed by atoms with Gasteiger partial charge in [0.1, 0.15) is 12.4 Å². The van der Waals surface area contributed by atoms with Crippen molar-refractivity contribution < 1.29 is 28.5 Å². The minimum Gasteiger partial charge on any atom is -0.494 e. The highest BCUT2D eigenvalue weighted by Gasteiger charge is 2.28. The van der Waals surface area contributed by atoms with Crippen molar-refractivity contribution in [2.24, 2.45) is 0 Å². The van der Waals surface area contributed by atoms with E-state index in [2.05, 4.69) is 0 Å². The van der Waals surface area contributed by atoms with E-state index >= 15 is 0 Å². The third-order valence-electron chi connectivity index (χ3n) is 4.32. The van der Waals surface area contributed by atoms with Crippen molar-refractivity contribution in [2.75, 3.05) is 34.5 Å². The van der Waals surface area contributed by atoms with E-state index in [0.717, 1.165) is 22.4 Å². The number of carbonyl (C=O) groups is 1. The molecule has 0 amide bonds. The van der Waals surface area contributed by atoms with Crippen molar-refractivity contribution in [2.45, 2.75) is 6.92 Å². The molecule has 0 fully saturated rings. The second kappa shape index (κ2) is 8.03. The number of ether oxygens (including phenoxy) is 5. The average molecular weight is 370 g/mol. The zero-order valence-corrected chi connectivity index (χ0v) is 15.8. The molecule has 0 aliphatic carbocycles. The fraction of sp³-hybridized carbons (Fsp3) is 0.286. The van der Waals surface area contributed by atoms with Crippen LogP contribution in [0.15, 0.2) is 36.4 Å². The number of hydrogen-bond donors (Lipinski definition) is 0. The van der Waals surface area contributed by atoms with Gasteiger partial charge in [0, 0.05) is 5.57 Å². The first-order valence-corrected chi connectivity index (χ1v) is 8.56. The highest BCUT2D eigenvalue weighted by atomic mass is 16.5. The van der Waals surface area contributed by atoms with Gasteiger partial charge in [-0.15, -0.1) is 0 Å². The summed E-state index contributed by atoms with van der Waals surface area (Å²) in [6, 6.07) is 11.0. The average Bonchev–Trinajstić information content (AvgIpc) is 3.09. The van der Waals surface area contributed by atoms with Gasteiger partial charge in [-0.05, 0) is 42.3 Å². The molecule has 142 valence electrons. The lowest BCUT2D eigenvalue weighted by Crippen LogP contribution is -1.99. The summed E-state index contributed by atoms with van der Waals surface area (Å²) in [4.78, 5) is 12.4. The molecule has 2 aromatic rings. The van der Waals surface area contributed by atoms with Crippen molar-refractivity contribution in [3.8, 4) is 23.0 Å². The monoisotopic (exact) mass is 370 g/mol. The van der Waals surface area contributed by atoms with Crippen LogP contribution >= 0.6 is 0 Å². The molecule has 1 aliphatic rings. The van der Waals surface area contributed by atoms with Gasteiger partial charge in [-0.3, -0.25) is 0 Å². The van der Waals surface area contributed by atoms with Crippen molar-refractivity contribution in [3.05, 3.63) is 47.5 Å². The van der Waals surface area contributed by atoms with E-state index in [9.17, 15) is 4.79 Å². The van der Waals surface area contributed by atoms with Crippen molar-refractivity contribution in [1.29, 1.82) is 0 Å². The molecule has 0 bridgehead atoms. The predicted octanol–water partition coefficient (Wildman–Crippen LogP) is 3.58. The van der Waals surface area contributed by atoms with Crippen LogP contribution in [-0.4, -0.2) is 40.5 Å². The SMILES string of the molecule is CCOc1ccc(C2=C(c3cc(OC)c(OC)c(OC)c3)COC2=O)cc1. The molecule has 1 heterocycles. The molecule has 0 saturated carbocycles. The summed E-state index contributed by atoms with van der Waals surface area (Å²) in [6.07, 6.45) is 0. The third kappa shape index (κ3) is 3.56. The standard InChI is InChI=1S/C21H22O6/c1-5-26-15-8-6-13(7-9-15)19-16(12-27-21(19)22)14-10-17(23-2)20(25-4)18(11-14)24-3/h6-11H,5,12H2,1-4H3. The number of carbonyl (C=O) groups excluding carboxylic acids is 1. The Labute approximate surface area is 158 Å². The summed E-state index contributed by atoms with van der Waals surface area (Å²) in [5.41, 5.74) is 2.83. The number of hydrogen-bond acceptors (Lipinski definition) is 6. The largest absolute Gasteiger partial charge is 0.494 e. The Kier molecular flexibility index (Phi) is 5.54. The van der Waals surface area contributed by atoms with Crippen LogP contribution in [0.4, 0.5) is 0 Å². The Bertz CT molecular complexity index is 842. The minimum absolute atomic E-state index is 0.181. The van der Waals surface area contributed by atoms with Crippen molar-refractivity contribution in [3.63, 3.8) is 0 Å². The molecule has 0 atom stereocenters. The lowest BCUT2D eigenvalue weighted by atomic mass is 9.96. The third-order valence-corrected chi connectivity index (χ3v) is 4.32. The molecule has 6 nitrogen and oxygen atoms in total. The summed E-state index contributed by atoms with van der Waals surface area (Å²) in [5.74, 6) is 1.93. The van der Waals surface area contributed by atoms with Gasteiger partial charge in [0.2, 0.25) is 5.75 Å². The molecule has 0 aromatic heterocycles. The quantitative estimate of drug-likeness (QED) is 0.694. The van der Waals surface area contributed by atoms with Gasteiger partial charge in [0.25, 0.3) is 0 Å². The van der Waals surface area contributed by atoms with Gasteiger partial charge >= 0.3 is 5.97 Å². The summed E-state index contributed by atoms with van der Waals surface area (Å²) in [7, 11) is 4.66. The van der Waals surface area contributed by atoms with Crippen LogP contribution in [0.1, 0.15) is 18.1 Å². The van der Waals surface area contributed by atoms with Crippen LogP contribution in [-0.2, 0) is 9.53 Å². The van der Waals surface area contributed by atoms with Crippen LogP contribution in [0.3, 0.4) is 0 Å². The second-order valence-corrected chi connectivity index (χ2v) is 5.80. The molecule has 0 unspecified atom stereocenters. The first-order valence-electron chi connectivity index (χ1n) is 8.56. The molecule has 0 saturated heterocycles. The van der Waals surface area contributed by atoms with Gasteiger partial charge in [0.15, 0.2) is 11.5 Å². The molecule has 3 rings (SSSR count). The van der Waals surface area contributed by atoms with E-state index in [1.54, 1.807) is 21.3 Å². The molecule has 6 heteroatoms. The molecular weight excluding hydrogens is 348 g/mol. The van der Waals surface area contributed by atoms with Crippen LogP contribution < -0.4 is 18.9 Å². The van der Waals surface area contributed by atoms with Gasteiger partial charge in [-0.2, -0.15) is 0 Å². The van der Waals surface area contributed by atoms with E-state index in [-0.39, 0.29) is 12.6 Å². The summed E-state index contributed by atoms with van der Waals surface area (Å²) in [5, 5.41) is 0. The maximum Gasteiger partial charge on any atom is 0.339 e. The number of rotatable bonds is 7. The van der Waals surface area contributed by atoms with Crippen LogP contribution in [0.2, 0.25) is 0 Å². The predicted molar refractivity (Wildman–Crippen MR) is 101 cm³/mol. The Morgan fingerprint density at radius 2 is 1.56 bits per heavy atom. The molecule has 0 spiro atoms. The van der Waals surface area contributed by atoms with Gasteiger partial charge in [-0.1, -0.05) is 12.1 Å². The number of esters is 1. The van der Waals surface area contributed by atoms with E-state index in [1.165, 1.54) is 0 Å². The van der Waals surface area contributed by atoms with E-state index in [1.807, 2.05) is 43.3 Å². The lowest BCUT2D eigenvalue weighted by Gasteiger charge is -2.15. The Morgan fingerprint density at radius 3 is 2.07 bits per heavy atom. The lowest BCUT2D eigenvalue weighted by molar-refractivity contribution is -0.133. The normalized spacial score (nSPS) is 13.4. The first kappa shape index (κ1) is 18.6. The minimum atomic E-state index is -0.358. The number of cyclic esters (lactones) is 1. The number of benzene rings is 2. The molecule has 27 heavy (non-hydrogen) atoms. The summed E-state index contributed by atoms with van der Waals surface area (Å²) < 4.78 is 27.0. The number of methoxy groups -OCH3 is 3. The smallest absolute Gasteiger partial charge is 0.339 e. The molecule has 1 aliphatic heterocycles. The maximum absolute atomic E-state index is 12.4. The fourth-order valence-electron chi connectivity index (χ4n) is 3.06. The van der Waals surface area contributed by atoms with E-state index in [0.29, 0.717) is 29.4 Å². The second-order valence-electron chi connectivity index (χ2n) is 5.80. The molecule has 0 radical (unpaired) electrons. The van der Waals surface area contributed by atoms with Crippen LogP contribution in [0, 0.1) is 0 Å². The highest BCUT2D eigenvalue weighted by Crippen LogP contribution is 2.42. The van der Waals surface area contributed by atoms with Gasteiger partial charge in [-0.25, -0.2) is 4.79 Å². The molecule has 2 aromatic carbocycles. The first-order chi connectivity index (χ1) is 13.1. The molecule has 0 N–H and O–H groups in total.